The van der Waals surface area contributed by atoms with Gasteiger partial charge in [-0.1, -0.05) is 62.9 Å². The summed E-state index contributed by atoms with van der Waals surface area (Å²) in [6.45, 7) is 12.1. The SMILES string of the molecule is C=C1/N=C\C(c2ccc3nc[nH]c3c2)=C/CC(/C(C)=C/C=C\C=C\C)=C\N1.CC. The monoisotopic (exact) mass is 386 g/mol. The van der Waals surface area contributed by atoms with E-state index in [1.807, 2.05) is 63.6 Å². The van der Waals surface area contributed by atoms with E-state index >= 15 is 0 Å². The molecule has 1 aromatic heterocycles. The number of aromatic amines is 1. The van der Waals surface area contributed by atoms with Crippen LogP contribution in [0.1, 0.15) is 39.7 Å². The van der Waals surface area contributed by atoms with Crippen LogP contribution in [0, 0.1) is 0 Å². The first kappa shape index (κ1) is 21.9. The number of imidazole rings is 1. The molecule has 0 bridgehead atoms. The van der Waals surface area contributed by atoms with Gasteiger partial charge in [-0.3, -0.25) is 0 Å². The number of hydrogen-bond acceptors (Lipinski definition) is 3. The van der Waals surface area contributed by atoms with Gasteiger partial charge in [-0.05, 0) is 54.7 Å². The highest BCUT2D eigenvalue weighted by atomic mass is 15.0. The van der Waals surface area contributed by atoms with E-state index in [1.54, 1.807) is 6.33 Å². The molecule has 4 nitrogen and oxygen atoms in total. The zero-order valence-corrected chi connectivity index (χ0v) is 17.7. The number of hydrogen-bond donors (Lipinski definition) is 2. The highest BCUT2D eigenvalue weighted by molar-refractivity contribution is 6.11. The molecule has 3 rings (SSSR count). The molecule has 1 aliphatic heterocycles. The molecule has 0 unspecified atom stereocenters. The highest BCUT2D eigenvalue weighted by Gasteiger charge is 2.06. The number of nitrogens with one attached hydrogen (secondary N) is 2. The first-order chi connectivity index (χ1) is 14.2. The van der Waals surface area contributed by atoms with Crippen LogP contribution >= 0.6 is 0 Å². The van der Waals surface area contributed by atoms with Crippen LogP contribution in [0.25, 0.3) is 16.6 Å². The van der Waals surface area contributed by atoms with Crippen molar-refractivity contribution in [3.05, 3.63) is 96.3 Å². The van der Waals surface area contributed by atoms with E-state index in [0.717, 1.165) is 28.6 Å². The second-order valence-electron chi connectivity index (χ2n) is 6.28. The molecule has 1 aromatic carbocycles. The molecule has 0 saturated carbocycles. The maximum absolute atomic E-state index is 4.44. The van der Waals surface area contributed by atoms with E-state index in [-0.39, 0.29) is 0 Å². The van der Waals surface area contributed by atoms with Crippen molar-refractivity contribution in [1.82, 2.24) is 15.3 Å². The van der Waals surface area contributed by atoms with Gasteiger partial charge in [0.05, 0.1) is 17.4 Å². The normalized spacial score (nSPS) is 20.0. The first-order valence-electron chi connectivity index (χ1n) is 9.96. The summed E-state index contributed by atoms with van der Waals surface area (Å²) in [4.78, 5) is 11.9. The zero-order chi connectivity index (χ0) is 21.1. The van der Waals surface area contributed by atoms with Crippen LogP contribution in [0.5, 0.6) is 0 Å². The van der Waals surface area contributed by atoms with Gasteiger partial charge in [0.15, 0.2) is 0 Å². The van der Waals surface area contributed by atoms with Gasteiger partial charge in [-0.15, -0.1) is 0 Å². The quantitative estimate of drug-likeness (QED) is 0.592. The topological polar surface area (TPSA) is 53.1 Å². The number of allylic oxidation sites excluding steroid dienone is 9. The largest absolute Gasteiger partial charge is 0.347 e. The Kier molecular flexibility index (Phi) is 8.64. The minimum Gasteiger partial charge on any atom is -0.347 e. The lowest BCUT2D eigenvalue weighted by Gasteiger charge is -2.07. The number of fused-ring (bicyclic) bond motifs is 1. The summed E-state index contributed by atoms with van der Waals surface area (Å²) in [5.41, 5.74) is 6.50. The van der Waals surface area contributed by atoms with Crippen molar-refractivity contribution in [2.24, 2.45) is 4.99 Å². The Morgan fingerprint density at radius 2 is 2.00 bits per heavy atom. The number of H-pyrrole nitrogens is 1. The highest BCUT2D eigenvalue weighted by Crippen LogP contribution is 2.22. The lowest BCUT2D eigenvalue weighted by Crippen LogP contribution is -2.03. The van der Waals surface area contributed by atoms with Crippen molar-refractivity contribution in [3.8, 4) is 0 Å². The molecule has 2 aromatic rings. The summed E-state index contributed by atoms with van der Waals surface area (Å²) in [7, 11) is 0. The summed E-state index contributed by atoms with van der Waals surface area (Å²) in [6.07, 6.45) is 18.7. The minimum atomic E-state index is 0.611. The summed E-state index contributed by atoms with van der Waals surface area (Å²) in [6, 6.07) is 6.19. The number of rotatable bonds is 4. The molecule has 2 heterocycles. The van der Waals surface area contributed by atoms with E-state index in [4.69, 9.17) is 0 Å². The third-order valence-corrected chi connectivity index (χ3v) is 4.34. The average Bonchev–Trinajstić information content (AvgIpc) is 3.24. The smallest absolute Gasteiger partial charge is 0.122 e. The fraction of sp³-hybridized carbons (Fsp3) is 0.200. The predicted octanol–water partition coefficient (Wildman–Crippen LogP) is 6.47. The van der Waals surface area contributed by atoms with Gasteiger partial charge in [0.2, 0.25) is 0 Å². The van der Waals surface area contributed by atoms with Gasteiger partial charge in [0.25, 0.3) is 0 Å². The Balaban J connectivity index is 0.00000145. The summed E-state index contributed by atoms with van der Waals surface area (Å²) < 4.78 is 0. The van der Waals surface area contributed by atoms with Gasteiger partial charge in [-0.25, -0.2) is 9.98 Å². The molecule has 0 amide bonds. The number of nitrogens with zero attached hydrogens (tertiary/aromatic N) is 2. The zero-order valence-electron chi connectivity index (χ0n) is 17.7. The van der Waals surface area contributed by atoms with Crippen LogP contribution < -0.4 is 5.32 Å². The Morgan fingerprint density at radius 3 is 2.79 bits per heavy atom. The van der Waals surface area contributed by atoms with Gasteiger partial charge in [0, 0.05) is 12.4 Å². The van der Waals surface area contributed by atoms with Crippen molar-refractivity contribution >= 4 is 22.8 Å². The van der Waals surface area contributed by atoms with Crippen molar-refractivity contribution in [2.45, 2.75) is 34.1 Å². The summed E-state index contributed by atoms with van der Waals surface area (Å²) in [5, 5.41) is 3.17. The van der Waals surface area contributed by atoms with Crippen LogP contribution in [0.4, 0.5) is 0 Å². The Bertz CT molecular complexity index is 1010. The molecule has 0 atom stereocenters. The minimum absolute atomic E-state index is 0.611. The standard InChI is InChI=1S/C23H24N4.C2H6/c1-4-5-6-7-8-17(2)20-9-10-21(15-25-18(3)24-14-20)19-11-12-22-23(13-19)27-16-26-22;1-2/h4-8,10-16,24H,3,9H2,1-2H3,(H,26,27);1-2H3/b5-4+,7-6-,17-8+,20-14+,21-10+,25-15-;. The Labute approximate surface area is 173 Å². The molecule has 2 N–H and O–H groups in total. The van der Waals surface area contributed by atoms with Crippen LogP contribution in [0.3, 0.4) is 0 Å². The van der Waals surface area contributed by atoms with Crippen molar-refractivity contribution < 1.29 is 0 Å². The molecule has 0 fully saturated rings. The number of aliphatic imine (C=N–C) groups is 1. The third-order valence-electron chi connectivity index (χ3n) is 4.34. The van der Waals surface area contributed by atoms with Gasteiger partial charge < -0.3 is 10.3 Å². The fourth-order valence-electron chi connectivity index (χ4n) is 2.75. The second kappa shape index (κ2) is 11.4. The molecule has 0 spiro atoms. The molecular formula is C25H30N4. The van der Waals surface area contributed by atoms with Crippen LogP contribution in [0.2, 0.25) is 0 Å². The maximum Gasteiger partial charge on any atom is 0.122 e. The molecule has 1 aliphatic rings. The Hall–Kier alpha value is -3.40. The predicted molar refractivity (Wildman–Crippen MR) is 127 cm³/mol. The van der Waals surface area contributed by atoms with Crippen LogP contribution in [-0.4, -0.2) is 16.2 Å². The molecule has 150 valence electrons. The summed E-state index contributed by atoms with van der Waals surface area (Å²) >= 11 is 0. The van der Waals surface area contributed by atoms with E-state index in [2.05, 4.69) is 58.1 Å². The molecular weight excluding hydrogens is 356 g/mol. The van der Waals surface area contributed by atoms with E-state index in [9.17, 15) is 0 Å². The van der Waals surface area contributed by atoms with Gasteiger partial charge in [0.1, 0.15) is 5.82 Å². The number of aromatic nitrogens is 2. The Morgan fingerprint density at radius 1 is 1.17 bits per heavy atom. The third kappa shape index (κ3) is 6.32. The first-order valence-corrected chi connectivity index (χ1v) is 9.96. The van der Waals surface area contributed by atoms with E-state index in [1.165, 1.54) is 11.1 Å². The number of benzene rings is 1. The van der Waals surface area contributed by atoms with Crippen molar-refractivity contribution in [1.29, 1.82) is 0 Å². The maximum atomic E-state index is 4.44. The van der Waals surface area contributed by atoms with Crippen molar-refractivity contribution in [3.63, 3.8) is 0 Å². The van der Waals surface area contributed by atoms with Gasteiger partial charge >= 0.3 is 0 Å². The molecule has 29 heavy (non-hydrogen) atoms. The van der Waals surface area contributed by atoms with E-state index in [0.29, 0.717) is 5.82 Å². The summed E-state index contributed by atoms with van der Waals surface area (Å²) in [5.74, 6) is 0.611. The van der Waals surface area contributed by atoms with Crippen LogP contribution in [0.15, 0.2) is 95.7 Å². The van der Waals surface area contributed by atoms with Crippen LogP contribution in [-0.2, 0) is 0 Å². The van der Waals surface area contributed by atoms with Gasteiger partial charge in [-0.2, -0.15) is 0 Å². The molecule has 0 saturated heterocycles. The molecule has 0 aliphatic carbocycles. The lowest BCUT2D eigenvalue weighted by molar-refractivity contribution is 1.01. The van der Waals surface area contributed by atoms with Crippen molar-refractivity contribution in [2.75, 3.05) is 0 Å². The second-order valence-corrected chi connectivity index (χ2v) is 6.28. The molecule has 4 heteroatoms. The molecule has 0 radical (unpaired) electrons. The lowest BCUT2D eigenvalue weighted by atomic mass is 10.00. The average molecular weight is 387 g/mol. The fourth-order valence-corrected chi connectivity index (χ4v) is 2.75. The van der Waals surface area contributed by atoms with E-state index < -0.39 is 0 Å².